The van der Waals surface area contributed by atoms with Gasteiger partial charge in [0.05, 0.1) is 0 Å². The van der Waals surface area contributed by atoms with Gasteiger partial charge in [0.25, 0.3) is 15.9 Å². The number of benzene rings is 1. The minimum Gasteiger partial charge on any atom is -0.368 e. The standard InChI is InChI=1S/C22H29N3O4S/c1-15-7-8-18(14-16(15)2)20-17(3)21(23-30(20,27)28)24-9-5-10-25(12-11-24)22(26)19-6-4-13-29-19/h7-8,14,19H,4-6,9-13H2,1-3H3/t19-/m1/s1. The lowest BCUT2D eigenvalue weighted by Gasteiger charge is -2.25. The van der Waals surface area contributed by atoms with Crippen molar-refractivity contribution in [3.05, 3.63) is 40.5 Å². The maximum Gasteiger partial charge on any atom is 0.285 e. The second kappa shape index (κ2) is 8.15. The fraction of sp³-hybridized carbons (Fsp3) is 0.545. The molecule has 2 saturated heterocycles. The first-order valence-corrected chi connectivity index (χ1v) is 12.0. The van der Waals surface area contributed by atoms with Gasteiger partial charge in [0.1, 0.15) is 16.8 Å². The van der Waals surface area contributed by atoms with Gasteiger partial charge in [-0.25, -0.2) is 0 Å². The van der Waals surface area contributed by atoms with E-state index in [0.29, 0.717) is 49.8 Å². The number of amidine groups is 1. The Balaban J connectivity index is 1.55. The van der Waals surface area contributed by atoms with Crippen LogP contribution in [0.3, 0.4) is 0 Å². The molecular weight excluding hydrogens is 402 g/mol. The molecule has 1 aromatic carbocycles. The van der Waals surface area contributed by atoms with Gasteiger partial charge in [0, 0.05) is 38.4 Å². The van der Waals surface area contributed by atoms with Crippen molar-refractivity contribution in [2.45, 2.75) is 46.1 Å². The molecule has 0 aromatic heterocycles. The van der Waals surface area contributed by atoms with Crippen molar-refractivity contribution < 1.29 is 17.9 Å². The molecule has 0 spiro atoms. The van der Waals surface area contributed by atoms with Crippen molar-refractivity contribution in [2.75, 3.05) is 32.8 Å². The molecule has 30 heavy (non-hydrogen) atoms. The molecular formula is C22H29N3O4S. The molecule has 0 radical (unpaired) electrons. The van der Waals surface area contributed by atoms with Crippen molar-refractivity contribution >= 4 is 26.7 Å². The van der Waals surface area contributed by atoms with Crippen LogP contribution < -0.4 is 0 Å². The summed E-state index contributed by atoms with van der Waals surface area (Å²) in [7, 11) is -3.75. The summed E-state index contributed by atoms with van der Waals surface area (Å²) < 4.78 is 35.5. The third-order valence-electron chi connectivity index (χ3n) is 6.22. The van der Waals surface area contributed by atoms with Crippen LogP contribution in [0.2, 0.25) is 0 Å². The molecule has 0 unspecified atom stereocenters. The third-order valence-corrected chi connectivity index (χ3v) is 7.69. The highest BCUT2D eigenvalue weighted by molar-refractivity contribution is 8.00. The summed E-state index contributed by atoms with van der Waals surface area (Å²) in [4.78, 5) is 16.8. The second-order valence-electron chi connectivity index (χ2n) is 8.31. The van der Waals surface area contributed by atoms with Crippen LogP contribution in [-0.4, -0.2) is 68.9 Å². The molecule has 0 saturated carbocycles. The molecule has 3 heterocycles. The van der Waals surface area contributed by atoms with Gasteiger partial charge in [-0.2, -0.15) is 8.42 Å². The number of rotatable bonds is 2. The first kappa shape index (κ1) is 21.1. The first-order chi connectivity index (χ1) is 14.3. The van der Waals surface area contributed by atoms with E-state index in [1.807, 2.05) is 48.8 Å². The van der Waals surface area contributed by atoms with E-state index in [0.717, 1.165) is 30.4 Å². The average molecular weight is 432 g/mol. The number of carbonyl (C=O) groups is 1. The minimum atomic E-state index is -3.75. The van der Waals surface area contributed by atoms with E-state index in [9.17, 15) is 13.2 Å². The maximum atomic E-state index is 12.9. The normalized spacial score (nSPS) is 24.2. The molecule has 0 bridgehead atoms. The van der Waals surface area contributed by atoms with Crippen LogP contribution in [0.1, 0.15) is 42.9 Å². The summed E-state index contributed by atoms with van der Waals surface area (Å²) >= 11 is 0. The third kappa shape index (κ3) is 3.90. The van der Waals surface area contributed by atoms with E-state index in [1.54, 1.807) is 0 Å². The number of hydrogen-bond donors (Lipinski definition) is 0. The molecule has 2 fully saturated rings. The molecule has 1 amide bonds. The lowest BCUT2D eigenvalue weighted by Crippen LogP contribution is -2.41. The highest BCUT2D eigenvalue weighted by Crippen LogP contribution is 2.34. The van der Waals surface area contributed by atoms with E-state index >= 15 is 0 Å². The topological polar surface area (TPSA) is 79.3 Å². The average Bonchev–Trinajstić information content (AvgIpc) is 3.23. The van der Waals surface area contributed by atoms with Crippen molar-refractivity contribution in [3.63, 3.8) is 0 Å². The zero-order valence-corrected chi connectivity index (χ0v) is 18.7. The highest BCUT2D eigenvalue weighted by atomic mass is 32.2. The Hall–Kier alpha value is -2.19. The van der Waals surface area contributed by atoms with Crippen LogP contribution in [0.4, 0.5) is 0 Å². The number of ether oxygens (including phenoxy) is 1. The van der Waals surface area contributed by atoms with Gasteiger partial charge >= 0.3 is 0 Å². The van der Waals surface area contributed by atoms with Crippen LogP contribution in [0.15, 0.2) is 28.2 Å². The molecule has 3 aliphatic heterocycles. The summed E-state index contributed by atoms with van der Waals surface area (Å²) in [5.74, 6) is 0.563. The second-order valence-corrected chi connectivity index (χ2v) is 9.85. The van der Waals surface area contributed by atoms with Gasteiger partial charge in [-0.05, 0) is 56.7 Å². The van der Waals surface area contributed by atoms with Crippen LogP contribution >= 0.6 is 0 Å². The molecule has 0 N–H and O–H groups in total. The fourth-order valence-electron chi connectivity index (χ4n) is 4.39. The maximum absolute atomic E-state index is 12.9. The molecule has 3 aliphatic rings. The van der Waals surface area contributed by atoms with Gasteiger partial charge < -0.3 is 14.5 Å². The van der Waals surface area contributed by atoms with Crippen molar-refractivity contribution in [1.82, 2.24) is 9.80 Å². The quantitative estimate of drug-likeness (QED) is 0.719. The smallest absolute Gasteiger partial charge is 0.285 e. The number of sulfonamides is 1. The SMILES string of the molecule is CC1=C(c2ccc(C)c(C)c2)S(=O)(=O)N=C1N1CCCN(C(=O)[C@H]2CCCO2)CC1. The summed E-state index contributed by atoms with van der Waals surface area (Å²) in [5, 5.41) is 0. The Morgan fingerprint density at radius 2 is 1.87 bits per heavy atom. The molecule has 7 nitrogen and oxygen atoms in total. The van der Waals surface area contributed by atoms with E-state index < -0.39 is 10.0 Å². The van der Waals surface area contributed by atoms with Gasteiger partial charge in [0.15, 0.2) is 0 Å². The molecule has 1 atom stereocenters. The molecule has 0 aliphatic carbocycles. The van der Waals surface area contributed by atoms with Crippen LogP contribution in [0.25, 0.3) is 4.91 Å². The zero-order chi connectivity index (χ0) is 21.5. The summed E-state index contributed by atoms with van der Waals surface area (Å²) in [6.07, 6.45) is 2.16. The molecule has 8 heteroatoms. The highest BCUT2D eigenvalue weighted by Gasteiger charge is 2.35. The summed E-state index contributed by atoms with van der Waals surface area (Å²) in [6.45, 7) is 8.89. The number of aryl methyl sites for hydroxylation is 2. The predicted molar refractivity (Wildman–Crippen MR) is 117 cm³/mol. The van der Waals surface area contributed by atoms with Gasteiger partial charge in [-0.1, -0.05) is 18.2 Å². The van der Waals surface area contributed by atoms with Crippen LogP contribution in [-0.2, 0) is 19.6 Å². The van der Waals surface area contributed by atoms with E-state index in [2.05, 4.69) is 4.40 Å². The Morgan fingerprint density at radius 3 is 2.57 bits per heavy atom. The molecule has 1 aromatic rings. The molecule has 4 rings (SSSR count). The van der Waals surface area contributed by atoms with Crippen molar-refractivity contribution in [3.8, 4) is 0 Å². The Labute approximate surface area is 178 Å². The van der Waals surface area contributed by atoms with Crippen molar-refractivity contribution in [1.29, 1.82) is 0 Å². The zero-order valence-electron chi connectivity index (χ0n) is 17.8. The predicted octanol–water partition coefficient (Wildman–Crippen LogP) is 2.49. The van der Waals surface area contributed by atoms with Gasteiger partial charge in [0.2, 0.25) is 0 Å². The fourth-order valence-corrected chi connectivity index (χ4v) is 5.87. The largest absolute Gasteiger partial charge is 0.368 e. The number of hydrogen-bond acceptors (Lipinski definition) is 5. The Bertz CT molecular complexity index is 1020. The Morgan fingerprint density at radius 1 is 1.07 bits per heavy atom. The minimum absolute atomic E-state index is 0.0541. The van der Waals surface area contributed by atoms with E-state index in [4.69, 9.17) is 4.74 Å². The molecule has 162 valence electrons. The Kier molecular flexibility index (Phi) is 5.72. The first-order valence-electron chi connectivity index (χ1n) is 10.6. The van der Waals surface area contributed by atoms with E-state index in [1.165, 1.54) is 0 Å². The van der Waals surface area contributed by atoms with Crippen LogP contribution in [0, 0.1) is 13.8 Å². The summed E-state index contributed by atoms with van der Waals surface area (Å²) in [6, 6.07) is 5.70. The van der Waals surface area contributed by atoms with Gasteiger partial charge in [-0.15, -0.1) is 4.40 Å². The number of carbonyl (C=O) groups excluding carboxylic acids is 1. The van der Waals surface area contributed by atoms with Crippen LogP contribution in [0.5, 0.6) is 0 Å². The lowest BCUT2D eigenvalue weighted by atomic mass is 10.0. The number of amides is 1. The number of nitrogens with zero attached hydrogens (tertiary/aromatic N) is 3. The van der Waals surface area contributed by atoms with Crippen molar-refractivity contribution in [2.24, 2.45) is 4.40 Å². The monoisotopic (exact) mass is 431 g/mol. The van der Waals surface area contributed by atoms with Gasteiger partial charge in [-0.3, -0.25) is 4.79 Å². The summed E-state index contributed by atoms with van der Waals surface area (Å²) in [5.41, 5.74) is 3.53. The lowest BCUT2D eigenvalue weighted by molar-refractivity contribution is -0.140. The van der Waals surface area contributed by atoms with E-state index in [-0.39, 0.29) is 16.9 Å².